The van der Waals surface area contributed by atoms with Crippen LogP contribution in [0.25, 0.3) is 22.2 Å². The predicted octanol–water partition coefficient (Wildman–Crippen LogP) is 5.20. The number of carbonyl (C=O) groups excluding carboxylic acids is 1. The number of ether oxygens (including phenoxy) is 5. The van der Waals surface area contributed by atoms with Crippen molar-refractivity contribution in [3.8, 4) is 40.0 Å². The lowest BCUT2D eigenvalue weighted by atomic mass is 10.0. The molecule has 0 aliphatic heterocycles. The number of hydrogen-bond donors (Lipinski definition) is 1. The van der Waals surface area contributed by atoms with E-state index in [1.165, 1.54) is 0 Å². The number of carbonyl (C=O) groups is 1. The number of pyridine rings is 1. The highest BCUT2D eigenvalue weighted by Crippen LogP contribution is 2.41. The summed E-state index contributed by atoms with van der Waals surface area (Å²) in [5.74, 6) is 2.25. The molecule has 1 heterocycles. The molecule has 0 atom stereocenters. The SMILES string of the molecule is COc1ccc(OC)c(NC(=O)c2cc(-c3cc(OC)c(OC)c(OC)c3)nc3ccccc23)c1. The van der Waals surface area contributed by atoms with E-state index in [-0.39, 0.29) is 5.91 Å². The third kappa shape index (κ3) is 4.63. The van der Waals surface area contributed by atoms with Gasteiger partial charge in [-0.3, -0.25) is 4.79 Å². The molecule has 4 aromatic rings. The summed E-state index contributed by atoms with van der Waals surface area (Å²) in [6, 6.07) is 18.0. The van der Waals surface area contributed by atoms with Crippen LogP contribution in [0.1, 0.15) is 10.4 Å². The van der Waals surface area contributed by atoms with Gasteiger partial charge in [0.2, 0.25) is 5.75 Å². The zero-order chi connectivity index (χ0) is 24.9. The number of nitrogens with one attached hydrogen (secondary N) is 1. The zero-order valence-electron chi connectivity index (χ0n) is 20.2. The molecule has 0 saturated heterocycles. The maximum Gasteiger partial charge on any atom is 0.256 e. The van der Waals surface area contributed by atoms with Gasteiger partial charge in [-0.2, -0.15) is 0 Å². The Balaban J connectivity index is 1.84. The van der Waals surface area contributed by atoms with Gasteiger partial charge < -0.3 is 29.0 Å². The van der Waals surface area contributed by atoms with E-state index >= 15 is 0 Å². The van der Waals surface area contributed by atoms with Gasteiger partial charge in [-0.25, -0.2) is 4.98 Å². The maximum absolute atomic E-state index is 13.5. The monoisotopic (exact) mass is 474 g/mol. The average Bonchev–Trinajstić information content (AvgIpc) is 2.91. The molecule has 0 fully saturated rings. The summed E-state index contributed by atoms with van der Waals surface area (Å²) in [7, 11) is 7.75. The van der Waals surface area contributed by atoms with Gasteiger partial charge in [0.1, 0.15) is 11.5 Å². The first kappa shape index (κ1) is 23.7. The summed E-state index contributed by atoms with van der Waals surface area (Å²) < 4.78 is 27.1. The van der Waals surface area contributed by atoms with E-state index in [9.17, 15) is 4.79 Å². The van der Waals surface area contributed by atoms with Crippen molar-refractivity contribution in [3.63, 3.8) is 0 Å². The van der Waals surface area contributed by atoms with E-state index in [1.807, 2.05) is 24.3 Å². The molecule has 35 heavy (non-hydrogen) atoms. The van der Waals surface area contributed by atoms with Gasteiger partial charge in [-0.05, 0) is 36.4 Å². The summed E-state index contributed by atoms with van der Waals surface area (Å²) in [5, 5.41) is 3.66. The van der Waals surface area contributed by atoms with Crippen molar-refractivity contribution in [2.75, 3.05) is 40.9 Å². The topological polar surface area (TPSA) is 88.1 Å². The van der Waals surface area contributed by atoms with Crippen LogP contribution >= 0.6 is 0 Å². The number of para-hydroxylation sites is 1. The standard InChI is InChI=1S/C27H26N2O6/c1-31-17-10-11-23(32-2)22(14-17)29-27(30)19-15-21(28-20-9-7-6-8-18(19)20)16-12-24(33-3)26(35-5)25(13-16)34-4/h6-15H,1-5H3,(H,29,30). The Morgan fingerprint density at radius 2 is 1.43 bits per heavy atom. The van der Waals surface area contributed by atoms with Crippen molar-refractivity contribution in [1.82, 2.24) is 4.98 Å². The summed E-state index contributed by atoms with van der Waals surface area (Å²) in [6.07, 6.45) is 0. The predicted molar refractivity (Wildman–Crippen MR) is 134 cm³/mol. The molecule has 0 radical (unpaired) electrons. The second kappa shape index (κ2) is 10.2. The number of hydrogen-bond acceptors (Lipinski definition) is 7. The summed E-state index contributed by atoms with van der Waals surface area (Å²) in [5.41, 5.74) is 2.89. The molecule has 0 unspecified atom stereocenters. The lowest BCUT2D eigenvalue weighted by Crippen LogP contribution is -2.14. The largest absolute Gasteiger partial charge is 0.497 e. The van der Waals surface area contributed by atoms with E-state index < -0.39 is 0 Å². The normalized spacial score (nSPS) is 10.5. The van der Waals surface area contributed by atoms with Crippen LogP contribution in [0.4, 0.5) is 5.69 Å². The molecule has 0 aliphatic carbocycles. The van der Waals surface area contributed by atoms with Crippen LogP contribution in [0.3, 0.4) is 0 Å². The highest BCUT2D eigenvalue weighted by Gasteiger charge is 2.19. The molecule has 1 amide bonds. The third-order valence-electron chi connectivity index (χ3n) is 5.58. The molecular formula is C27H26N2O6. The molecule has 3 aromatic carbocycles. The number of amides is 1. The van der Waals surface area contributed by atoms with Gasteiger partial charge in [0.15, 0.2) is 11.5 Å². The number of aromatic nitrogens is 1. The minimum Gasteiger partial charge on any atom is -0.497 e. The molecule has 8 heteroatoms. The van der Waals surface area contributed by atoms with Crippen LogP contribution in [0.2, 0.25) is 0 Å². The molecule has 0 spiro atoms. The number of methoxy groups -OCH3 is 5. The molecule has 4 rings (SSSR count). The van der Waals surface area contributed by atoms with Crippen LogP contribution in [-0.2, 0) is 0 Å². The third-order valence-corrected chi connectivity index (χ3v) is 5.58. The Kier molecular flexibility index (Phi) is 6.91. The van der Waals surface area contributed by atoms with Gasteiger partial charge in [-0.1, -0.05) is 18.2 Å². The van der Waals surface area contributed by atoms with Crippen LogP contribution in [-0.4, -0.2) is 46.4 Å². The summed E-state index contributed by atoms with van der Waals surface area (Å²) in [6.45, 7) is 0. The van der Waals surface area contributed by atoms with Gasteiger partial charge >= 0.3 is 0 Å². The van der Waals surface area contributed by atoms with Crippen molar-refractivity contribution in [1.29, 1.82) is 0 Å². The van der Waals surface area contributed by atoms with Crippen LogP contribution in [0.15, 0.2) is 60.7 Å². The Labute approximate surface area is 203 Å². The van der Waals surface area contributed by atoms with E-state index in [0.717, 1.165) is 0 Å². The van der Waals surface area contributed by atoms with E-state index in [4.69, 9.17) is 28.7 Å². The molecule has 1 N–H and O–H groups in total. The fraction of sp³-hybridized carbons (Fsp3) is 0.185. The molecule has 0 saturated carbocycles. The molecule has 8 nitrogen and oxygen atoms in total. The maximum atomic E-state index is 13.5. The van der Waals surface area contributed by atoms with Gasteiger partial charge in [0.25, 0.3) is 5.91 Å². The Morgan fingerprint density at radius 1 is 0.743 bits per heavy atom. The average molecular weight is 475 g/mol. The minimum absolute atomic E-state index is 0.316. The quantitative estimate of drug-likeness (QED) is 0.376. The van der Waals surface area contributed by atoms with E-state index in [1.54, 1.807) is 71.9 Å². The first-order valence-electron chi connectivity index (χ1n) is 10.8. The van der Waals surface area contributed by atoms with E-state index in [2.05, 4.69) is 5.32 Å². The van der Waals surface area contributed by atoms with Crippen molar-refractivity contribution in [3.05, 3.63) is 66.2 Å². The van der Waals surface area contributed by atoms with Crippen LogP contribution < -0.4 is 29.0 Å². The van der Waals surface area contributed by atoms with Gasteiger partial charge in [-0.15, -0.1) is 0 Å². The molecule has 180 valence electrons. The summed E-state index contributed by atoms with van der Waals surface area (Å²) in [4.78, 5) is 18.3. The van der Waals surface area contributed by atoms with Crippen molar-refractivity contribution in [2.24, 2.45) is 0 Å². The second-order valence-electron chi connectivity index (χ2n) is 7.51. The van der Waals surface area contributed by atoms with Crippen LogP contribution in [0.5, 0.6) is 28.7 Å². The van der Waals surface area contributed by atoms with Crippen molar-refractivity contribution in [2.45, 2.75) is 0 Å². The highest BCUT2D eigenvalue weighted by atomic mass is 16.5. The van der Waals surface area contributed by atoms with E-state index in [0.29, 0.717) is 62.2 Å². The number of benzene rings is 3. The lowest BCUT2D eigenvalue weighted by molar-refractivity contribution is 0.102. The van der Waals surface area contributed by atoms with Crippen molar-refractivity contribution >= 4 is 22.5 Å². The zero-order valence-corrected chi connectivity index (χ0v) is 20.2. The lowest BCUT2D eigenvalue weighted by Gasteiger charge is -2.16. The fourth-order valence-corrected chi connectivity index (χ4v) is 3.84. The Morgan fingerprint density at radius 3 is 2.06 bits per heavy atom. The number of rotatable bonds is 8. The first-order valence-corrected chi connectivity index (χ1v) is 10.8. The number of fused-ring (bicyclic) bond motifs is 1. The number of anilines is 1. The Bertz CT molecular complexity index is 1360. The number of nitrogens with zero attached hydrogens (tertiary/aromatic N) is 1. The minimum atomic E-state index is -0.316. The van der Waals surface area contributed by atoms with Crippen LogP contribution in [0, 0.1) is 0 Å². The fourth-order valence-electron chi connectivity index (χ4n) is 3.84. The first-order chi connectivity index (χ1) is 17.0. The molecule has 0 aliphatic rings. The van der Waals surface area contributed by atoms with Crippen molar-refractivity contribution < 1.29 is 28.5 Å². The molecule has 0 bridgehead atoms. The smallest absolute Gasteiger partial charge is 0.256 e. The molecule has 1 aromatic heterocycles. The Hall–Kier alpha value is -4.46. The summed E-state index contributed by atoms with van der Waals surface area (Å²) >= 11 is 0. The highest BCUT2D eigenvalue weighted by molar-refractivity contribution is 6.13. The van der Waals surface area contributed by atoms with Gasteiger partial charge in [0, 0.05) is 17.0 Å². The van der Waals surface area contributed by atoms with Gasteiger partial charge in [0.05, 0.1) is 58.0 Å². The molecular weight excluding hydrogens is 448 g/mol. The second-order valence-corrected chi connectivity index (χ2v) is 7.51.